The van der Waals surface area contributed by atoms with Crippen LogP contribution in [0.4, 0.5) is 0 Å². The molecule has 16 heavy (non-hydrogen) atoms. The van der Waals surface area contributed by atoms with E-state index in [0.717, 1.165) is 6.42 Å². The summed E-state index contributed by atoms with van der Waals surface area (Å²) in [6.07, 6.45) is 1.56. The zero-order chi connectivity index (χ0) is 12.8. The summed E-state index contributed by atoms with van der Waals surface area (Å²) in [6.45, 7) is 7.39. The van der Waals surface area contributed by atoms with Gasteiger partial charge < -0.3 is 13.3 Å². The summed E-state index contributed by atoms with van der Waals surface area (Å²) in [5, 5.41) is 0. The van der Waals surface area contributed by atoms with Crippen LogP contribution in [0.3, 0.4) is 0 Å². The second-order valence-electron chi connectivity index (χ2n) is 3.70. The van der Waals surface area contributed by atoms with Crippen LogP contribution in [0.1, 0.15) is 26.7 Å². The Bertz CT molecular complexity index is 240. The van der Waals surface area contributed by atoms with Crippen molar-refractivity contribution in [2.45, 2.75) is 32.2 Å². The molecule has 0 radical (unpaired) electrons. The van der Waals surface area contributed by atoms with E-state index >= 15 is 0 Å². The Morgan fingerprint density at radius 3 is 1.94 bits per heavy atom. The number of Topliss-reactive ketones (excluding diaryl/α,β-unsaturated/α-hetero) is 1. The van der Waals surface area contributed by atoms with Gasteiger partial charge in [0.15, 0.2) is 5.78 Å². The Morgan fingerprint density at radius 1 is 1.25 bits per heavy atom. The van der Waals surface area contributed by atoms with Gasteiger partial charge in [0.2, 0.25) is 0 Å². The number of carbonyl (C=O) groups is 1. The highest BCUT2D eigenvalue weighted by Crippen LogP contribution is 2.31. The molecule has 0 aliphatic rings. The molecule has 0 saturated carbocycles. The summed E-state index contributed by atoms with van der Waals surface area (Å²) in [5.74, 6) is -0.0286. The zero-order valence-corrected chi connectivity index (χ0v) is 11.8. The lowest BCUT2D eigenvalue weighted by Gasteiger charge is -2.31. The molecule has 0 aromatic heterocycles. The highest BCUT2D eigenvalue weighted by atomic mass is 28.4. The maximum Gasteiger partial charge on any atom is 0.511 e. The van der Waals surface area contributed by atoms with E-state index in [9.17, 15) is 4.79 Å². The molecule has 0 saturated heterocycles. The molecule has 0 aromatic rings. The Morgan fingerprint density at radius 2 is 1.69 bits per heavy atom. The van der Waals surface area contributed by atoms with Gasteiger partial charge in [-0.25, -0.2) is 0 Å². The number of hydrogen-bond acceptors (Lipinski definition) is 4. The van der Waals surface area contributed by atoms with E-state index in [1.54, 1.807) is 6.92 Å². The van der Waals surface area contributed by atoms with Gasteiger partial charge in [-0.15, -0.1) is 0 Å². The van der Waals surface area contributed by atoms with Gasteiger partial charge >= 0.3 is 8.80 Å². The van der Waals surface area contributed by atoms with Gasteiger partial charge in [0, 0.05) is 21.3 Å². The van der Waals surface area contributed by atoms with Crippen LogP contribution < -0.4 is 0 Å². The van der Waals surface area contributed by atoms with Crippen molar-refractivity contribution in [2.24, 2.45) is 0 Å². The van der Waals surface area contributed by atoms with Gasteiger partial charge in [-0.3, -0.25) is 4.79 Å². The van der Waals surface area contributed by atoms with Gasteiger partial charge in [-0.1, -0.05) is 19.9 Å². The van der Waals surface area contributed by atoms with Crippen molar-refractivity contribution in [3.8, 4) is 0 Å². The zero-order valence-electron chi connectivity index (χ0n) is 10.8. The number of hydrogen-bond donors (Lipinski definition) is 0. The lowest BCUT2D eigenvalue weighted by atomic mass is 10.1. The maximum atomic E-state index is 12.1. The average Bonchev–Trinajstić information content (AvgIpc) is 2.29. The summed E-state index contributed by atoms with van der Waals surface area (Å²) in [6, 6.07) is 0. The molecular formula is C11H22O4Si. The highest BCUT2D eigenvalue weighted by molar-refractivity contribution is 6.67. The summed E-state index contributed by atoms with van der Waals surface area (Å²) < 4.78 is 16.1. The number of rotatable bonds is 8. The van der Waals surface area contributed by atoms with Gasteiger partial charge in [-0.2, -0.15) is 0 Å². The first-order chi connectivity index (χ1) is 7.48. The molecule has 0 heterocycles. The molecule has 1 unspecified atom stereocenters. The molecular weight excluding hydrogens is 224 g/mol. The van der Waals surface area contributed by atoms with E-state index < -0.39 is 8.80 Å². The second-order valence-corrected chi connectivity index (χ2v) is 6.83. The molecule has 0 amide bonds. The van der Waals surface area contributed by atoms with Crippen LogP contribution in [0.2, 0.25) is 5.54 Å². The van der Waals surface area contributed by atoms with Gasteiger partial charge in [0.1, 0.15) is 0 Å². The van der Waals surface area contributed by atoms with E-state index in [1.165, 1.54) is 21.3 Å². The maximum absolute atomic E-state index is 12.1. The summed E-state index contributed by atoms with van der Waals surface area (Å²) >= 11 is 0. The van der Waals surface area contributed by atoms with Crippen LogP contribution in [0, 0.1) is 0 Å². The topological polar surface area (TPSA) is 44.8 Å². The van der Waals surface area contributed by atoms with E-state index in [2.05, 4.69) is 6.58 Å². The summed E-state index contributed by atoms with van der Waals surface area (Å²) in [5.41, 5.74) is 0.163. The van der Waals surface area contributed by atoms with Crippen molar-refractivity contribution in [2.75, 3.05) is 21.3 Å². The Labute approximate surface area is 99.0 Å². The third-order valence-electron chi connectivity index (χ3n) is 2.59. The van der Waals surface area contributed by atoms with Crippen LogP contribution in [0.5, 0.6) is 0 Å². The molecule has 0 aliphatic heterocycles. The predicted octanol–water partition coefficient (Wildman–Crippen LogP) is 2.18. The van der Waals surface area contributed by atoms with Crippen LogP contribution in [0.15, 0.2) is 12.2 Å². The summed E-state index contributed by atoms with van der Waals surface area (Å²) in [7, 11) is 1.66. The fourth-order valence-electron chi connectivity index (χ4n) is 1.73. The molecule has 94 valence electrons. The van der Waals surface area contributed by atoms with E-state index in [0.29, 0.717) is 12.0 Å². The molecule has 0 aromatic carbocycles. The third kappa shape index (κ3) is 3.25. The SMILES string of the molecule is C=C(C)C(=O)C(CCC)[Si](OC)(OC)OC. The van der Waals surface area contributed by atoms with Crippen molar-refractivity contribution in [1.29, 1.82) is 0 Å². The Balaban J connectivity index is 5.13. The second kappa shape index (κ2) is 6.96. The fraction of sp³-hybridized carbons (Fsp3) is 0.727. The smallest absolute Gasteiger partial charge is 0.376 e. The van der Waals surface area contributed by atoms with Crippen LogP contribution in [0.25, 0.3) is 0 Å². The molecule has 5 heteroatoms. The first kappa shape index (κ1) is 15.5. The van der Waals surface area contributed by atoms with E-state index in [1.807, 2.05) is 6.92 Å². The standard InChI is InChI=1S/C11H22O4Si/c1-7-8-10(11(12)9(2)3)16(13-4,14-5)15-6/h10H,2,7-8H2,1,3-6H3. The van der Waals surface area contributed by atoms with Gasteiger partial charge in [-0.05, 0) is 18.9 Å². The lowest BCUT2D eigenvalue weighted by molar-refractivity contribution is -0.116. The monoisotopic (exact) mass is 246 g/mol. The predicted molar refractivity (Wildman–Crippen MR) is 65.3 cm³/mol. The first-order valence-corrected chi connectivity index (χ1v) is 7.14. The van der Waals surface area contributed by atoms with Crippen molar-refractivity contribution >= 4 is 14.6 Å². The molecule has 0 spiro atoms. The minimum Gasteiger partial charge on any atom is -0.376 e. The molecule has 0 aliphatic carbocycles. The molecule has 0 rings (SSSR count). The highest BCUT2D eigenvalue weighted by Gasteiger charge is 2.50. The van der Waals surface area contributed by atoms with Crippen molar-refractivity contribution in [1.82, 2.24) is 0 Å². The fourth-order valence-corrected chi connectivity index (χ4v) is 4.29. The largest absolute Gasteiger partial charge is 0.511 e. The molecule has 1 atom stereocenters. The number of carbonyl (C=O) groups excluding carboxylic acids is 1. The molecule has 0 fully saturated rings. The summed E-state index contributed by atoms with van der Waals surface area (Å²) in [4.78, 5) is 12.1. The van der Waals surface area contributed by atoms with Crippen LogP contribution in [-0.4, -0.2) is 35.9 Å². The first-order valence-electron chi connectivity index (χ1n) is 5.34. The van der Waals surface area contributed by atoms with Gasteiger partial charge in [0.05, 0.1) is 5.54 Å². The molecule has 0 bridgehead atoms. The van der Waals surface area contributed by atoms with Crippen molar-refractivity contribution in [3.63, 3.8) is 0 Å². The minimum atomic E-state index is -2.90. The molecule has 0 N–H and O–H groups in total. The lowest BCUT2D eigenvalue weighted by Crippen LogP contribution is -2.50. The quantitative estimate of drug-likeness (QED) is 0.486. The number of ketones is 1. The third-order valence-corrected chi connectivity index (χ3v) is 5.71. The normalized spacial score (nSPS) is 13.6. The van der Waals surface area contributed by atoms with E-state index in [4.69, 9.17) is 13.3 Å². The average molecular weight is 246 g/mol. The van der Waals surface area contributed by atoms with Crippen molar-refractivity contribution in [3.05, 3.63) is 12.2 Å². The van der Waals surface area contributed by atoms with Crippen molar-refractivity contribution < 1.29 is 18.1 Å². The van der Waals surface area contributed by atoms with Crippen LogP contribution in [-0.2, 0) is 18.1 Å². The van der Waals surface area contributed by atoms with Gasteiger partial charge in [0.25, 0.3) is 0 Å². The Kier molecular flexibility index (Phi) is 6.74. The number of allylic oxidation sites excluding steroid dienone is 1. The van der Waals surface area contributed by atoms with E-state index in [-0.39, 0.29) is 11.3 Å². The van der Waals surface area contributed by atoms with Crippen LogP contribution >= 0.6 is 0 Å². The Hall–Kier alpha value is -0.493. The molecule has 4 nitrogen and oxygen atoms in total. The minimum absolute atomic E-state index is 0.0286.